The van der Waals surface area contributed by atoms with E-state index >= 15 is 0 Å². The van der Waals surface area contributed by atoms with Crippen LogP contribution >= 0.6 is 0 Å². The van der Waals surface area contributed by atoms with Crippen molar-refractivity contribution >= 4 is 23.6 Å². The standard InChI is InChI=1S/C20H23N5O/c1-3-25(13-7-12-21)19-11-10-17(16(2)14-19)15-22-24-20(26)23-18-8-5-4-6-9-18/h4-6,8-11,14-15H,3,7,13H2,1-2H3,(H2,23,24,26)/b22-15-. The number of benzene rings is 2. The Morgan fingerprint density at radius 2 is 2.04 bits per heavy atom. The number of nitrogens with zero attached hydrogens (tertiary/aromatic N) is 3. The van der Waals surface area contributed by atoms with Gasteiger partial charge >= 0.3 is 6.03 Å². The lowest BCUT2D eigenvalue weighted by molar-refractivity contribution is 0.252. The molecule has 2 N–H and O–H groups in total. The van der Waals surface area contributed by atoms with Crippen LogP contribution < -0.4 is 15.6 Å². The number of amides is 2. The number of nitriles is 1. The molecule has 2 rings (SSSR count). The molecule has 6 heteroatoms. The van der Waals surface area contributed by atoms with Crippen molar-refractivity contribution in [3.05, 3.63) is 59.7 Å². The van der Waals surface area contributed by atoms with Crippen LogP contribution in [-0.4, -0.2) is 25.3 Å². The quantitative estimate of drug-likeness (QED) is 0.588. The molecule has 26 heavy (non-hydrogen) atoms. The third-order valence-electron chi connectivity index (χ3n) is 3.90. The molecule has 0 unspecified atom stereocenters. The van der Waals surface area contributed by atoms with Gasteiger partial charge < -0.3 is 10.2 Å². The largest absolute Gasteiger partial charge is 0.371 e. The second kappa shape index (κ2) is 9.84. The van der Waals surface area contributed by atoms with Crippen LogP contribution in [0.5, 0.6) is 0 Å². The van der Waals surface area contributed by atoms with Gasteiger partial charge in [0.05, 0.1) is 18.7 Å². The summed E-state index contributed by atoms with van der Waals surface area (Å²) in [4.78, 5) is 14.0. The molecule has 134 valence electrons. The fourth-order valence-electron chi connectivity index (χ4n) is 2.50. The minimum atomic E-state index is -0.393. The van der Waals surface area contributed by atoms with E-state index in [9.17, 15) is 4.79 Å². The Labute approximate surface area is 154 Å². The van der Waals surface area contributed by atoms with Crippen LogP contribution in [-0.2, 0) is 0 Å². The Morgan fingerprint density at radius 3 is 2.69 bits per heavy atom. The van der Waals surface area contributed by atoms with E-state index in [0.29, 0.717) is 18.7 Å². The summed E-state index contributed by atoms with van der Waals surface area (Å²) in [6.45, 7) is 5.61. The highest BCUT2D eigenvalue weighted by Gasteiger charge is 2.06. The highest BCUT2D eigenvalue weighted by Crippen LogP contribution is 2.18. The summed E-state index contributed by atoms with van der Waals surface area (Å²) in [5, 5.41) is 15.5. The molecular weight excluding hydrogens is 326 g/mol. The molecule has 2 aromatic carbocycles. The highest BCUT2D eigenvalue weighted by atomic mass is 16.2. The van der Waals surface area contributed by atoms with Gasteiger partial charge in [-0.1, -0.05) is 24.3 Å². The Hall–Kier alpha value is -3.33. The molecule has 0 saturated carbocycles. The van der Waals surface area contributed by atoms with Crippen LogP contribution in [0.4, 0.5) is 16.2 Å². The lowest BCUT2D eigenvalue weighted by Crippen LogP contribution is -2.24. The molecule has 2 amide bonds. The van der Waals surface area contributed by atoms with Crippen LogP contribution in [0, 0.1) is 18.3 Å². The van der Waals surface area contributed by atoms with Gasteiger partial charge in [0.25, 0.3) is 0 Å². The van der Waals surface area contributed by atoms with Gasteiger partial charge in [-0.2, -0.15) is 10.4 Å². The van der Waals surface area contributed by atoms with Crippen LogP contribution in [0.25, 0.3) is 0 Å². The summed E-state index contributed by atoms with van der Waals surface area (Å²) in [5.74, 6) is 0. The number of carbonyl (C=O) groups is 1. The average Bonchev–Trinajstić information content (AvgIpc) is 2.65. The summed E-state index contributed by atoms with van der Waals surface area (Å²) in [6, 6.07) is 17.0. The van der Waals surface area contributed by atoms with Crippen LogP contribution in [0.1, 0.15) is 24.5 Å². The number of urea groups is 1. The van der Waals surface area contributed by atoms with E-state index in [1.807, 2.05) is 37.3 Å². The predicted molar refractivity (Wildman–Crippen MR) is 105 cm³/mol. The van der Waals surface area contributed by atoms with Gasteiger partial charge in [0.1, 0.15) is 0 Å². The first kappa shape index (κ1) is 19.0. The first-order valence-corrected chi connectivity index (χ1v) is 8.51. The fraction of sp³-hybridized carbons (Fsp3) is 0.250. The Bertz CT molecular complexity index is 796. The van der Waals surface area contributed by atoms with Crippen LogP contribution in [0.2, 0.25) is 0 Å². The van der Waals surface area contributed by atoms with Crippen molar-refractivity contribution in [2.24, 2.45) is 5.10 Å². The fourth-order valence-corrected chi connectivity index (χ4v) is 2.50. The molecule has 0 aromatic heterocycles. The molecule has 0 atom stereocenters. The normalized spacial score (nSPS) is 10.3. The molecule has 0 saturated heterocycles. The average molecular weight is 349 g/mol. The van der Waals surface area contributed by atoms with E-state index in [1.54, 1.807) is 18.3 Å². The van der Waals surface area contributed by atoms with Crippen molar-refractivity contribution in [1.82, 2.24) is 5.43 Å². The number of hydrogen-bond donors (Lipinski definition) is 2. The van der Waals surface area contributed by atoms with Crippen molar-refractivity contribution in [2.45, 2.75) is 20.3 Å². The molecule has 0 fully saturated rings. The minimum absolute atomic E-state index is 0.393. The Balaban J connectivity index is 1.95. The predicted octanol–water partition coefficient (Wildman–Crippen LogP) is 3.89. The topological polar surface area (TPSA) is 80.5 Å². The van der Waals surface area contributed by atoms with Crippen molar-refractivity contribution in [3.8, 4) is 6.07 Å². The number of hydrogen-bond acceptors (Lipinski definition) is 4. The number of aryl methyl sites for hydroxylation is 1. The minimum Gasteiger partial charge on any atom is -0.371 e. The van der Waals surface area contributed by atoms with E-state index in [1.165, 1.54) is 0 Å². The van der Waals surface area contributed by atoms with Gasteiger partial charge in [-0.3, -0.25) is 0 Å². The lowest BCUT2D eigenvalue weighted by atomic mass is 10.1. The van der Waals surface area contributed by atoms with E-state index in [0.717, 1.165) is 23.4 Å². The van der Waals surface area contributed by atoms with Gasteiger partial charge in [0.2, 0.25) is 0 Å². The Kier molecular flexibility index (Phi) is 7.19. The van der Waals surface area contributed by atoms with Gasteiger partial charge in [-0.15, -0.1) is 0 Å². The zero-order valence-electron chi connectivity index (χ0n) is 15.1. The second-order valence-electron chi connectivity index (χ2n) is 5.72. The Morgan fingerprint density at radius 1 is 1.27 bits per heavy atom. The second-order valence-corrected chi connectivity index (χ2v) is 5.72. The van der Waals surface area contributed by atoms with Gasteiger partial charge in [-0.05, 0) is 49.2 Å². The number of anilines is 2. The molecule has 0 aliphatic rings. The zero-order chi connectivity index (χ0) is 18.8. The third kappa shape index (κ3) is 5.64. The van der Waals surface area contributed by atoms with Gasteiger partial charge in [0.15, 0.2) is 0 Å². The lowest BCUT2D eigenvalue weighted by Gasteiger charge is -2.22. The van der Waals surface area contributed by atoms with Crippen LogP contribution in [0.3, 0.4) is 0 Å². The summed E-state index contributed by atoms with van der Waals surface area (Å²) < 4.78 is 0. The molecule has 0 bridgehead atoms. The van der Waals surface area contributed by atoms with E-state index in [2.05, 4.69) is 39.8 Å². The van der Waals surface area contributed by atoms with Gasteiger partial charge in [-0.25, -0.2) is 10.2 Å². The van der Waals surface area contributed by atoms with Crippen molar-refractivity contribution < 1.29 is 4.79 Å². The summed E-state index contributed by atoms with van der Waals surface area (Å²) in [6.07, 6.45) is 2.12. The maximum Gasteiger partial charge on any atom is 0.339 e. The number of nitrogens with one attached hydrogen (secondary N) is 2. The SMILES string of the molecule is CCN(CCC#N)c1ccc(/C=N\NC(=O)Nc2ccccc2)c(C)c1. The molecule has 0 spiro atoms. The molecule has 0 aliphatic heterocycles. The molecule has 0 radical (unpaired) electrons. The first-order valence-electron chi connectivity index (χ1n) is 8.51. The van der Waals surface area contributed by atoms with Gasteiger partial charge in [0, 0.05) is 24.5 Å². The molecule has 2 aromatic rings. The first-order chi connectivity index (χ1) is 12.6. The number of carbonyl (C=O) groups excluding carboxylic acids is 1. The molecular formula is C20H23N5O. The van der Waals surface area contributed by atoms with E-state index < -0.39 is 6.03 Å². The van der Waals surface area contributed by atoms with E-state index in [-0.39, 0.29) is 0 Å². The number of rotatable bonds is 7. The van der Waals surface area contributed by atoms with Crippen molar-refractivity contribution in [3.63, 3.8) is 0 Å². The molecule has 6 nitrogen and oxygen atoms in total. The summed E-state index contributed by atoms with van der Waals surface area (Å²) in [7, 11) is 0. The maximum atomic E-state index is 11.8. The summed E-state index contributed by atoms with van der Waals surface area (Å²) in [5.41, 5.74) is 6.21. The van der Waals surface area contributed by atoms with Crippen molar-refractivity contribution in [1.29, 1.82) is 5.26 Å². The highest BCUT2D eigenvalue weighted by molar-refractivity contribution is 5.90. The maximum absolute atomic E-state index is 11.8. The molecule has 0 heterocycles. The smallest absolute Gasteiger partial charge is 0.339 e. The number of para-hydroxylation sites is 1. The third-order valence-corrected chi connectivity index (χ3v) is 3.90. The monoisotopic (exact) mass is 349 g/mol. The van der Waals surface area contributed by atoms with Crippen molar-refractivity contribution in [2.75, 3.05) is 23.3 Å². The zero-order valence-corrected chi connectivity index (χ0v) is 15.1. The molecule has 0 aliphatic carbocycles. The van der Waals surface area contributed by atoms with Crippen LogP contribution in [0.15, 0.2) is 53.6 Å². The summed E-state index contributed by atoms with van der Waals surface area (Å²) >= 11 is 0. The van der Waals surface area contributed by atoms with E-state index in [4.69, 9.17) is 5.26 Å². The number of hydrazone groups is 1.